The number of pyridine rings is 2. The van der Waals surface area contributed by atoms with Crippen LogP contribution in [0.15, 0.2) is 28.6 Å². The van der Waals surface area contributed by atoms with Crippen molar-refractivity contribution in [2.45, 2.75) is 45.1 Å². The smallest absolute Gasteiger partial charge is 0.341 e. The molecule has 0 spiro atoms. The monoisotopic (exact) mass is 467 g/mol. The molecule has 10 heteroatoms. The number of nitrogens with zero attached hydrogens (tertiary/aromatic N) is 4. The van der Waals surface area contributed by atoms with E-state index in [1.807, 2.05) is 4.90 Å². The fourth-order valence-electron chi connectivity index (χ4n) is 4.67. The SMILES string of the molecule is Cc1cc(N2CC(C(=O)NC3CCCCC3)C2)nc2c1c(=O)c(C(=O)O)cn2-c1nccs1. The summed E-state index contributed by atoms with van der Waals surface area (Å²) in [6.45, 7) is 2.90. The molecule has 3 aromatic heterocycles. The van der Waals surface area contributed by atoms with Crippen molar-refractivity contribution in [2.75, 3.05) is 18.0 Å². The van der Waals surface area contributed by atoms with Gasteiger partial charge in [0.1, 0.15) is 11.4 Å². The molecule has 1 saturated carbocycles. The predicted octanol–water partition coefficient (Wildman–Crippen LogP) is 2.73. The van der Waals surface area contributed by atoms with Gasteiger partial charge in [-0.3, -0.25) is 14.2 Å². The van der Waals surface area contributed by atoms with Gasteiger partial charge in [0.2, 0.25) is 11.3 Å². The highest BCUT2D eigenvalue weighted by Crippen LogP contribution is 2.29. The lowest BCUT2D eigenvalue weighted by atomic mass is 9.93. The van der Waals surface area contributed by atoms with Gasteiger partial charge in [-0.2, -0.15) is 0 Å². The zero-order valence-electron chi connectivity index (χ0n) is 18.3. The van der Waals surface area contributed by atoms with Gasteiger partial charge in [-0.05, 0) is 31.4 Å². The summed E-state index contributed by atoms with van der Waals surface area (Å²) in [7, 11) is 0. The van der Waals surface area contributed by atoms with Gasteiger partial charge in [0.15, 0.2) is 10.8 Å². The molecule has 0 unspecified atom stereocenters. The quantitative estimate of drug-likeness (QED) is 0.592. The number of hydrogen-bond donors (Lipinski definition) is 2. The highest BCUT2D eigenvalue weighted by atomic mass is 32.1. The van der Waals surface area contributed by atoms with Crippen molar-refractivity contribution < 1.29 is 14.7 Å². The van der Waals surface area contributed by atoms with Gasteiger partial charge in [0.05, 0.1) is 11.3 Å². The van der Waals surface area contributed by atoms with Gasteiger partial charge >= 0.3 is 5.97 Å². The number of aryl methyl sites for hydroxylation is 1. The first-order chi connectivity index (χ1) is 15.9. The maximum atomic E-state index is 12.9. The first-order valence-corrected chi connectivity index (χ1v) is 12.1. The first-order valence-electron chi connectivity index (χ1n) is 11.2. The standard InChI is InChI=1S/C23H25N5O4S/c1-13-9-17(27-10-14(11-27)21(30)25-15-5-3-2-4-6-15)26-20-18(13)19(29)16(22(31)32)12-28(20)23-24-7-8-33-23/h7-9,12,14-15H,2-6,10-11H2,1H3,(H,25,30)(H,31,32). The second-order valence-electron chi connectivity index (χ2n) is 8.80. The van der Waals surface area contributed by atoms with Crippen LogP contribution in [-0.4, -0.2) is 50.6 Å². The molecule has 1 saturated heterocycles. The second-order valence-corrected chi connectivity index (χ2v) is 9.68. The topological polar surface area (TPSA) is 117 Å². The van der Waals surface area contributed by atoms with Gasteiger partial charge in [-0.15, -0.1) is 11.3 Å². The number of carbonyl (C=O) groups is 2. The third kappa shape index (κ3) is 3.99. The third-order valence-corrected chi connectivity index (χ3v) is 7.30. The van der Waals surface area contributed by atoms with Gasteiger partial charge in [-0.25, -0.2) is 14.8 Å². The predicted molar refractivity (Wildman–Crippen MR) is 125 cm³/mol. The number of hydrogen-bond acceptors (Lipinski definition) is 7. The minimum absolute atomic E-state index is 0.0831. The summed E-state index contributed by atoms with van der Waals surface area (Å²) in [6, 6.07) is 2.08. The average Bonchev–Trinajstić information content (AvgIpc) is 3.28. The Morgan fingerprint density at radius 3 is 2.64 bits per heavy atom. The maximum absolute atomic E-state index is 12.9. The van der Waals surface area contributed by atoms with Crippen LogP contribution in [0.4, 0.5) is 5.82 Å². The van der Waals surface area contributed by atoms with Crippen LogP contribution in [0.5, 0.6) is 0 Å². The molecule has 5 rings (SSSR count). The molecule has 1 aliphatic heterocycles. The van der Waals surface area contributed by atoms with E-state index in [1.165, 1.54) is 36.8 Å². The van der Waals surface area contributed by atoms with E-state index in [0.29, 0.717) is 35.2 Å². The fourth-order valence-corrected chi connectivity index (χ4v) is 5.29. The number of amides is 1. The van der Waals surface area contributed by atoms with E-state index in [9.17, 15) is 19.5 Å². The van der Waals surface area contributed by atoms with E-state index in [1.54, 1.807) is 29.1 Å². The molecule has 9 nitrogen and oxygen atoms in total. The molecule has 0 radical (unpaired) electrons. The number of aromatic carboxylic acids is 1. The number of fused-ring (bicyclic) bond motifs is 1. The summed E-state index contributed by atoms with van der Waals surface area (Å²) in [5, 5.41) is 15.3. The van der Waals surface area contributed by atoms with E-state index >= 15 is 0 Å². The Hall–Kier alpha value is -3.27. The molecule has 3 aromatic rings. The van der Waals surface area contributed by atoms with Gasteiger partial charge in [0, 0.05) is 36.9 Å². The average molecular weight is 468 g/mol. The second kappa shape index (κ2) is 8.58. The number of carboxylic acids is 1. The zero-order chi connectivity index (χ0) is 23.1. The van der Waals surface area contributed by atoms with Crippen LogP contribution in [0.25, 0.3) is 16.2 Å². The number of carboxylic acid groups (broad SMARTS) is 1. The number of rotatable bonds is 5. The Morgan fingerprint density at radius 2 is 1.97 bits per heavy atom. The summed E-state index contributed by atoms with van der Waals surface area (Å²) in [4.78, 5) is 48.2. The number of thiazole rings is 1. The Kier molecular flexibility index (Phi) is 5.61. The molecule has 2 fully saturated rings. The van der Waals surface area contributed by atoms with Crippen LogP contribution in [-0.2, 0) is 4.79 Å². The van der Waals surface area contributed by atoms with E-state index < -0.39 is 11.4 Å². The van der Waals surface area contributed by atoms with Crippen LogP contribution in [0.1, 0.15) is 48.0 Å². The molecule has 2 aliphatic rings. The Balaban J connectivity index is 1.44. The van der Waals surface area contributed by atoms with Crippen molar-refractivity contribution >= 4 is 40.1 Å². The number of aromatic nitrogens is 3. The van der Waals surface area contributed by atoms with Crippen molar-refractivity contribution in [2.24, 2.45) is 5.92 Å². The summed E-state index contributed by atoms with van der Waals surface area (Å²) >= 11 is 1.33. The van der Waals surface area contributed by atoms with Crippen molar-refractivity contribution in [1.29, 1.82) is 0 Å². The van der Waals surface area contributed by atoms with Crippen LogP contribution in [0.2, 0.25) is 0 Å². The molecule has 1 amide bonds. The Bertz CT molecular complexity index is 1270. The van der Waals surface area contributed by atoms with Gasteiger partial charge < -0.3 is 15.3 Å². The molecule has 0 aromatic carbocycles. The molecule has 0 bridgehead atoms. The van der Waals surface area contributed by atoms with Gasteiger partial charge in [0.25, 0.3) is 0 Å². The van der Waals surface area contributed by atoms with Crippen molar-refractivity contribution in [3.05, 3.63) is 45.2 Å². The molecule has 33 heavy (non-hydrogen) atoms. The summed E-state index contributed by atoms with van der Waals surface area (Å²) < 4.78 is 1.56. The van der Waals surface area contributed by atoms with E-state index in [0.717, 1.165) is 12.8 Å². The Morgan fingerprint density at radius 1 is 1.21 bits per heavy atom. The van der Waals surface area contributed by atoms with Gasteiger partial charge in [-0.1, -0.05) is 19.3 Å². The fraction of sp³-hybridized carbons (Fsp3) is 0.435. The molecular weight excluding hydrogens is 442 g/mol. The van der Waals surface area contributed by atoms with Crippen LogP contribution >= 0.6 is 11.3 Å². The van der Waals surface area contributed by atoms with Crippen LogP contribution < -0.4 is 15.6 Å². The molecule has 1 aliphatic carbocycles. The lowest BCUT2D eigenvalue weighted by Crippen LogP contribution is -2.55. The van der Waals surface area contributed by atoms with E-state index in [2.05, 4.69) is 10.3 Å². The zero-order valence-corrected chi connectivity index (χ0v) is 19.1. The molecular formula is C23H25N5O4S. The highest BCUT2D eigenvalue weighted by Gasteiger charge is 2.35. The minimum Gasteiger partial charge on any atom is -0.477 e. The molecule has 2 N–H and O–H groups in total. The summed E-state index contributed by atoms with van der Waals surface area (Å²) in [5.41, 5.74) is 0.127. The maximum Gasteiger partial charge on any atom is 0.341 e. The van der Waals surface area contributed by atoms with Crippen molar-refractivity contribution in [1.82, 2.24) is 19.9 Å². The Labute approximate surface area is 194 Å². The van der Waals surface area contributed by atoms with Crippen molar-refractivity contribution in [3.8, 4) is 5.13 Å². The van der Waals surface area contributed by atoms with Crippen LogP contribution in [0.3, 0.4) is 0 Å². The summed E-state index contributed by atoms with van der Waals surface area (Å²) in [5.74, 6) is -0.610. The molecule has 172 valence electrons. The third-order valence-electron chi connectivity index (χ3n) is 6.53. The van der Waals surface area contributed by atoms with Crippen molar-refractivity contribution in [3.63, 3.8) is 0 Å². The van der Waals surface area contributed by atoms with E-state index in [4.69, 9.17) is 4.98 Å². The lowest BCUT2D eigenvalue weighted by molar-refractivity contribution is -0.126. The van der Waals surface area contributed by atoms with Crippen LogP contribution in [0, 0.1) is 12.8 Å². The summed E-state index contributed by atoms with van der Waals surface area (Å²) in [6.07, 6.45) is 8.61. The number of carbonyl (C=O) groups excluding carboxylic acids is 1. The number of nitrogens with one attached hydrogen (secondary N) is 1. The molecule has 4 heterocycles. The van der Waals surface area contributed by atoms with E-state index in [-0.39, 0.29) is 28.8 Å². The molecule has 0 atom stereocenters. The first kappa shape index (κ1) is 21.6. The number of anilines is 1. The lowest BCUT2D eigenvalue weighted by Gasteiger charge is -2.40. The highest BCUT2D eigenvalue weighted by molar-refractivity contribution is 7.12. The minimum atomic E-state index is -1.29. The normalized spacial score (nSPS) is 17.2. The largest absolute Gasteiger partial charge is 0.477 e.